The summed E-state index contributed by atoms with van der Waals surface area (Å²) in [5.41, 5.74) is 8.00. The molecular weight excluding hydrogens is 407 g/mol. The molecule has 0 fully saturated rings. The molecule has 0 saturated carbocycles. The van der Waals surface area contributed by atoms with E-state index in [2.05, 4.69) is 15.6 Å². The van der Waals surface area contributed by atoms with E-state index in [9.17, 15) is 9.59 Å². The maximum absolute atomic E-state index is 12.0. The molecular formula is C18H24Cl2N4O2S. The summed E-state index contributed by atoms with van der Waals surface area (Å²) in [5.74, 6) is -0.665. The fraction of sp³-hybridized carbons (Fsp3) is 0.389. The van der Waals surface area contributed by atoms with Gasteiger partial charge in [-0.25, -0.2) is 4.98 Å². The first kappa shape index (κ1) is 23.4. The Morgan fingerprint density at radius 1 is 1.33 bits per heavy atom. The maximum Gasteiger partial charge on any atom is 0.245 e. The lowest BCUT2D eigenvalue weighted by Crippen LogP contribution is -2.46. The third-order valence-corrected chi connectivity index (χ3v) is 5.06. The van der Waals surface area contributed by atoms with Crippen molar-refractivity contribution >= 4 is 52.3 Å². The fourth-order valence-electron chi connectivity index (χ4n) is 2.24. The van der Waals surface area contributed by atoms with Crippen molar-refractivity contribution in [1.29, 1.82) is 0 Å². The van der Waals surface area contributed by atoms with Crippen molar-refractivity contribution in [3.05, 3.63) is 45.4 Å². The van der Waals surface area contributed by atoms with Crippen molar-refractivity contribution in [3.8, 4) is 0 Å². The number of nitrogens with two attached hydrogens (primary N) is 1. The van der Waals surface area contributed by atoms with Gasteiger partial charge in [-0.15, -0.1) is 23.7 Å². The number of carbonyl (C=O) groups is 2. The molecule has 1 aromatic heterocycles. The predicted molar refractivity (Wildman–Crippen MR) is 113 cm³/mol. The molecule has 2 rings (SSSR count). The van der Waals surface area contributed by atoms with Crippen LogP contribution in [0.25, 0.3) is 0 Å². The van der Waals surface area contributed by atoms with Gasteiger partial charge in [0.05, 0.1) is 12.6 Å². The van der Waals surface area contributed by atoms with E-state index in [1.807, 2.05) is 39.0 Å². The number of anilines is 1. The Labute approximate surface area is 174 Å². The molecule has 0 spiro atoms. The van der Waals surface area contributed by atoms with Gasteiger partial charge in [0.2, 0.25) is 11.8 Å². The van der Waals surface area contributed by atoms with Gasteiger partial charge in [-0.2, -0.15) is 0 Å². The number of hydrogen-bond acceptors (Lipinski definition) is 5. The van der Waals surface area contributed by atoms with Crippen molar-refractivity contribution in [2.75, 3.05) is 11.9 Å². The third-order valence-electron chi connectivity index (χ3n) is 3.91. The fourth-order valence-corrected chi connectivity index (χ4v) is 3.32. The molecule has 27 heavy (non-hydrogen) atoms. The summed E-state index contributed by atoms with van der Waals surface area (Å²) in [4.78, 5) is 29.0. The monoisotopic (exact) mass is 430 g/mol. The molecule has 0 aliphatic carbocycles. The van der Waals surface area contributed by atoms with Crippen molar-refractivity contribution in [2.24, 2.45) is 11.7 Å². The quantitative estimate of drug-likeness (QED) is 0.628. The smallest absolute Gasteiger partial charge is 0.245 e. The predicted octanol–water partition coefficient (Wildman–Crippen LogP) is 3.16. The second-order valence-corrected chi connectivity index (χ2v) is 7.97. The molecule has 6 nitrogen and oxygen atoms in total. The SMILES string of the molecule is Cc1cc(Cl)ccc1Cc1cnc(NC(=O)CNC(=O)[C@@H](N)C(C)C)s1.Cl. The first-order valence-corrected chi connectivity index (χ1v) is 9.48. The minimum Gasteiger partial charge on any atom is -0.346 e. The van der Waals surface area contributed by atoms with Crippen LogP contribution in [0.1, 0.15) is 29.9 Å². The Bertz CT molecular complexity index is 795. The first-order chi connectivity index (χ1) is 12.3. The van der Waals surface area contributed by atoms with E-state index in [1.165, 1.54) is 11.3 Å². The lowest BCUT2D eigenvalue weighted by Gasteiger charge is -2.14. The highest BCUT2D eigenvalue weighted by atomic mass is 35.5. The zero-order valence-corrected chi connectivity index (χ0v) is 17.8. The second kappa shape index (κ2) is 10.6. The van der Waals surface area contributed by atoms with E-state index in [0.717, 1.165) is 22.4 Å². The zero-order chi connectivity index (χ0) is 19.3. The van der Waals surface area contributed by atoms with Crippen LogP contribution in [0.3, 0.4) is 0 Å². The molecule has 0 radical (unpaired) electrons. The van der Waals surface area contributed by atoms with Gasteiger partial charge in [0.25, 0.3) is 0 Å². The Morgan fingerprint density at radius 2 is 2.04 bits per heavy atom. The summed E-state index contributed by atoms with van der Waals surface area (Å²) < 4.78 is 0. The number of amides is 2. The van der Waals surface area contributed by atoms with Gasteiger partial charge < -0.3 is 16.4 Å². The van der Waals surface area contributed by atoms with Crippen LogP contribution in [0.15, 0.2) is 24.4 Å². The molecule has 1 aromatic carbocycles. The number of halogens is 2. The van der Waals surface area contributed by atoms with Crippen molar-refractivity contribution < 1.29 is 9.59 Å². The number of aryl methyl sites for hydroxylation is 1. The number of nitrogens with one attached hydrogen (secondary N) is 2. The molecule has 0 unspecified atom stereocenters. The van der Waals surface area contributed by atoms with Crippen LogP contribution in [0.2, 0.25) is 5.02 Å². The summed E-state index contributed by atoms with van der Waals surface area (Å²) in [6.07, 6.45) is 2.46. The normalized spacial score (nSPS) is 11.6. The Kier molecular flexibility index (Phi) is 9.18. The molecule has 2 aromatic rings. The van der Waals surface area contributed by atoms with Crippen molar-refractivity contribution in [2.45, 2.75) is 33.2 Å². The van der Waals surface area contributed by atoms with Crippen LogP contribution in [0, 0.1) is 12.8 Å². The van der Waals surface area contributed by atoms with Gasteiger partial charge in [0.1, 0.15) is 0 Å². The molecule has 0 aliphatic rings. The van der Waals surface area contributed by atoms with E-state index < -0.39 is 6.04 Å². The van der Waals surface area contributed by atoms with Crippen LogP contribution in [0.4, 0.5) is 5.13 Å². The van der Waals surface area contributed by atoms with Crippen LogP contribution >= 0.6 is 35.3 Å². The van der Waals surface area contributed by atoms with E-state index in [4.69, 9.17) is 17.3 Å². The van der Waals surface area contributed by atoms with Gasteiger partial charge in [-0.1, -0.05) is 31.5 Å². The van der Waals surface area contributed by atoms with E-state index in [0.29, 0.717) is 10.2 Å². The third kappa shape index (κ3) is 7.10. The highest BCUT2D eigenvalue weighted by Crippen LogP contribution is 2.24. The van der Waals surface area contributed by atoms with E-state index in [1.54, 1.807) is 6.20 Å². The lowest BCUT2D eigenvalue weighted by atomic mass is 10.1. The molecule has 0 bridgehead atoms. The molecule has 0 aliphatic heterocycles. The van der Waals surface area contributed by atoms with Gasteiger partial charge in [0, 0.05) is 22.5 Å². The molecule has 9 heteroatoms. The summed E-state index contributed by atoms with van der Waals surface area (Å²) in [6.45, 7) is 5.58. The van der Waals surface area contributed by atoms with Gasteiger partial charge in [-0.05, 0) is 36.1 Å². The molecule has 1 heterocycles. The number of benzene rings is 1. The maximum atomic E-state index is 12.0. The highest BCUT2D eigenvalue weighted by molar-refractivity contribution is 7.15. The minimum absolute atomic E-state index is 0. The number of carbonyl (C=O) groups excluding carboxylic acids is 2. The Morgan fingerprint density at radius 3 is 2.67 bits per heavy atom. The average molecular weight is 431 g/mol. The van der Waals surface area contributed by atoms with Crippen LogP contribution in [-0.2, 0) is 16.0 Å². The van der Waals surface area contributed by atoms with Gasteiger partial charge in [-0.3, -0.25) is 9.59 Å². The molecule has 148 valence electrons. The zero-order valence-electron chi connectivity index (χ0n) is 15.4. The van der Waals surface area contributed by atoms with Crippen LogP contribution in [-0.4, -0.2) is 29.4 Å². The Hall–Kier alpha value is -1.67. The first-order valence-electron chi connectivity index (χ1n) is 8.29. The summed E-state index contributed by atoms with van der Waals surface area (Å²) in [6, 6.07) is 5.14. The molecule has 4 N–H and O–H groups in total. The molecule has 1 atom stereocenters. The average Bonchev–Trinajstić information content (AvgIpc) is 3.01. The highest BCUT2D eigenvalue weighted by Gasteiger charge is 2.18. The lowest BCUT2D eigenvalue weighted by molar-refractivity contribution is -0.125. The van der Waals surface area contributed by atoms with Gasteiger partial charge in [0.15, 0.2) is 5.13 Å². The standard InChI is InChI=1S/C18H23ClN4O2S.ClH/c1-10(2)16(20)17(25)21-9-15(24)23-18-22-8-14(26-18)7-12-4-5-13(19)6-11(12)3;/h4-6,8,10,16H,7,9,20H2,1-3H3,(H,21,25)(H,22,23,24);1H/t16-;/m0./s1. The number of thiazole rings is 1. The Balaban J connectivity index is 0.00000364. The van der Waals surface area contributed by atoms with Crippen LogP contribution in [0.5, 0.6) is 0 Å². The second-order valence-electron chi connectivity index (χ2n) is 6.42. The largest absolute Gasteiger partial charge is 0.346 e. The van der Waals surface area contributed by atoms with E-state index >= 15 is 0 Å². The molecule has 0 saturated heterocycles. The molecule has 2 amide bonds. The summed E-state index contributed by atoms with van der Waals surface area (Å²) in [7, 11) is 0. The minimum atomic E-state index is -0.628. The van der Waals surface area contributed by atoms with Gasteiger partial charge >= 0.3 is 0 Å². The summed E-state index contributed by atoms with van der Waals surface area (Å²) >= 11 is 7.38. The van der Waals surface area contributed by atoms with Crippen LogP contribution < -0.4 is 16.4 Å². The number of rotatable bonds is 7. The van der Waals surface area contributed by atoms with Crippen molar-refractivity contribution in [3.63, 3.8) is 0 Å². The van der Waals surface area contributed by atoms with Crippen molar-refractivity contribution in [1.82, 2.24) is 10.3 Å². The number of nitrogens with zero attached hydrogens (tertiary/aromatic N) is 1. The van der Waals surface area contributed by atoms with E-state index in [-0.39, 0.29) is 36.7 Å². The topological polar surface area (TPSA) is 97.1 Å². The number of aromatic nitrogens is 1. The summed E-state index contributed by atoms with van der Waals surface area (Å²) in [5, 5.41) is 6.43. The number of hydrogen-bond donors (Lipinski definition) is 3.